The van der Waals surface area contributed by atoms with Gasteiger partial charge in [0.25, 0.3) is 0 Å². The van der Waals surface area contributed by atoms with Crippen LogP contribution in [0, 0.1) is 13.8 Å². The van der Waals surface area contributed by atoms with Crippen molar-refractivity contribution in [1.82, 2.24) is 9.78 Å². The Balaban J connectivity index is 2.47. The van der Waals surface area contributed by atoms with E-state index in [2.05, 4.69) is 37.1 Å². The van der Waals surface area contributed by atoms with Crippen LogP contribution in [-0.2, 0) is 13.5 Å². The van der Waals surface area contributed by atoms with Crippen LogP contribution in [0.2, 0.25) is 0 Å². The Morgan fingerprint density at radius 3 is 2.37 bits per heavy atom. The molecule has 0 fully saturated rings. The molecule has 2 aromatic rings. The van der Waals surface area contributed by atoms with E-state index in [1.165, 1.54) is 0 Å². The minimum Gasteiger partial charge on any atom is -0.496 e. The first-order valence-corrected chi connectivity index (χ1v) is 6.45. The van der Waals surface area contributed by atoms with E-state index in [0.29, 0.717) is 6.54 Å². The highest BCUT2D eigenvalue weighted by molar-refractivity contribution is 5.65. The smallest absolute Gasteiger partial charge is 0.124 e. The van der Waals surface area contributed by atoms with Crippen LogP contribution in [0.5, 0.6) is 5.75 Å². The van der Waals surface area contributed by atoms with Crippen molar-refractivity contribution in [3.8, 4) is 17.0 Å². The van der Waals surface area contributed by atoms with Gasteiger partial charge in [-0.2, -0.15) is 5.10 Å². The third-order valence-corrected chi connectivity index (χ3v) is 3.29. The van der Waals surface area contributed by atoms with Crippen LogP contribution in [0.25, 0.3) is 11.3 Å². The van der Waals surface area contributed by atoms with Gasteiger partial charge in [0.05, 0.1) is 18.5 Å². The molecule has 2 rings (SSSR count). The van der Waals surface area contributed by atoms with E-state index in [1.54, 1.807) is 7.11 Å². The summed E-state index contributed by atoms with van der Waals surface area (Å²) in [5, 5.41) is 4.48. The van der Waals surface area contributed by atoms with Crippen molar-refractivity contribution in [2.45, 2.75) is 20.3 Å². The third-order valence-electron chi connectivity index (χ3n) is 3.29. The molecule has 0 saturated heterocycles. The van der Waals surface area contributed by atoms with Gasteiger partial charge in [0.1, 0.15) is 5.75 Å². The minimum atomic E-state index is 0.622. The molecule has 0 aliphatic heterocycles. The van der Waals surface area contributed by atoms with Gasteiger partial charge in [-0.15, -0.1) is 0 Å². The molecule has 2 N–H and O–H groups in total. The molecule has 0 amide bonds. The molecule has 102 valence electrons. The fourth-order valence-corrected chi connectivity index (χ4v) is 2.49. The number of benzene rings is 1. The highest BCUT2D eigenvalue weighted by Gasteiger charge is 2.11. The summed E-state index contributed by atoms with van der Waals surface area (Å²) in [6.07, 6.45) is 0.807. The fourth-order valence-electron chi connectivity index (χ4n) is 2.49. The van der Waals surface area contributed by atoms with Gasteiger partial charge in [-0.25, -0.2) is 0 Å². The highest BCUT2D eigenvalue weighted by atomic mass is 16.5. The van der Waals surface area contributed by atoms with Gasteiger partial charge in [0.2, 0.25) is 0 Å². The van der Waals surface area contributed by atoms with Crippen LogP contribution in [0.3, 0.4) is 0 Å². The maximum absolute atomic E-state index is 5.58. The number of nitrogens with two attached hydrogens (primary N) is 1. The van der Waals surface area contributed by atoms with E-state index in [9.17, 15) is 0 Å². The second-order valence-corrected chi connectivity index (χ2v) is 4.83. The van der Waals surface area contributed by atoms with E-state index >= 15 is 0 Å². The van der Waals surface area contributed by atoms with Gasteiger partial charge in [-0.3, -0.25) is 4.68 Å². The summed E-state index contributed by atoms with van der Waals surface area (Å²) in [6.45, 7) is 4.75. The lowest BCUT2D eigenvalue weighted by molar-refractivity contribution is 0.408. The van der Waals surface area contributed by atoms with Gasteiger partial charge in [-0.1, -0.05) is 0 Å². The monoisotopic (exact) mass is 259 g/mol. The first-order valence-electron chi connectivity index (χ1n) is 6.45. The molecule has 1 aromatic heterocycles. The van der Waals surface area contributed by atoms with E-state index in [4.69, 9.17) is 10.5 Å². The molecule has 4 nitrogen and oxygen atoms in total. The van der Waals surface area contributed by atoms with Gasteiger partial charge < -0.3 is 10.5 Å². The average molecular weight is 259 g/mol. The lowest BCUT2D eigenvalue weighted by Gasteiger charge is -2.11. The largest absolute Gasteiger partial charge is 0.496 e. The molecule has 0 aliphatic rings. The van der Waals surface area contributed by atoms with E-state index in [0.717, 1.165) is 40.2 Å². The summed E-state index contributed by atoms with van der Waals surface area (Å²) in [5.74, 6) is 0.952. The average Bonchev–Trinajstić information content (AvgIpc) is 2.70. The number of hydrogen-bond donors (Lipinski definition) is 1. The van der Waals surface area contributed by atoms with Crippen molar-refractivity contribution < 1.29 is 4.74 Å². The van der Waals surface area contributed by atoms with Crippen LogP contribution < -0.4 is 10.5 Å². The zero-order chi connectivity index (χ0) is 14.0. The lowest BCUT2D eigenvalue weighted by Crippen LogP contribution is -2.03. The van der Waals surface area contributed by atoms with Gasteiger partial charge in [0, 0.05) is 19.0 Å². The summed E-state index contributed by atoms with van der Waals surface area (Å²) >= 11 is 0. The van der Waals surface area contributed by atoms with Crippen molar-refractivity contribution in [3.63, 3.8) is 0 Å². The number of hydrogen-bond acceptors (Lipinski definition) is 3. The van der Waals surface area contributed by atoms with Crippen molar-refractivity contribution in [1.29, 1.82) is 0 Å². The molecular weight excluding hydrogens is 238 g/mol. The second-order valence-electron chi connectivity index (χ2n) is 4.83. The Labute approximate surface area is 114 Å². The van der Waals surface area contributed by atoms with Crippen LogP contribution in [0.1, 0.15) is 16.8 Å². The fraction of sp³-hybridized carbons (Fsp3) is 0.400. The first kappa shape index (κ1) is 13.6. The molecule has 0 unspecified atom stereocenters. The summed E-state index contributed by atoms with van der Waals surface area (Å²) in [5.41, 5.74) is 11.2. The summed E-state index contributed by atoms with van der Waals surface area (Å²) < 4.78 is 7.31. The number of ether oxygens (including phenoxy) is 1. The maximum Gasteiger partial charge on any atom is 0.124 e. The molecule has 0 bridgehead atoms. The molecule has 0 saturated carbocycles. The Bertz CT molecular complexity index is 564. The number of aryl methyl sites for hydroxylation is 3. The van der Waals surface area contributed by atoms with Crippen molar-refractivity contribution in [2.75, 3.05) is 13.7 Å². The van der Waals surface area contributed by atoms with Crippen LogP contribution in [0.4, 0.5) is 0 Å². The summed E-state index contributed by atoms with van der Waals surface area (Å²) in [4.78, 5) is 0. The molecule has 0 radical (unpaired) electrons. The Morgan fingerprint density at radius 1 is 1.21 bits per heavy atom. The Morgan fingerprint density at radius 2 is 1.84 bits per heavy atom. The topological polar surface area (TPSA) is 53.1 Å². The molecular formula is C15H21N3O. The molecule has 0 atom stereocenters. The predicted octanol–water partition coefficient (Wildman–Crippen LogP) is 2.21. The minimum absolute atomic E-state index is 0.622. The molecule has 1 aromatic carbocycles. The van der Waals surface area contributed by atoms with Crippen LogP contribution in [-0.4, -0.2) is 23.4 Å². The molecule has 19 heavy (non-hydrogen) atoms. The normalized spacial score (nSPS) is 10.8. The zero-order valence-electron chi connectivity index (χ0n) is 12.0. The van der Waals surface area contributed by atoms with E-state index < -0.39 is 0 Å². The predicted molar refractivity (Wildman–Crippen MR) is 77.4 cm³/mol. The number of rotatable bonds is 4. The van der Waals surface area contributed by atoms with Crippen molar-refractivity contribution >= 4 is 0 Å². The Kier molecular flexibility index (Phi) is 3.90. The van der Waals surface area contributed by atoms with E-state index in [1.807, 2.05) is 11.7 Å². The first-order chi connectivity index (χ1) is 9.06. The summed E-state index contributed by atoms with van der Waals surface area (Å²) in [6, 6.07) is 6.37. The zero-order valence-corrected chi connectivity index (χ0v) is 12.0. The molecule has 0 aliphatic carbocycles. The second kappa shape index (κ2) is 5.45. The molecule has 4 heteroatoms. The van der Waals surface area contributed by atoms with E-state index in [-0.39, 0.29) is 0 Å². The van der Waals surface area contributed by atoms with Crippen LogP contribution in [0.15, 0.2) is 18.2 Å². The van der Waals surface area contributed by atoms with Crippen molar-refractivity contribution in [3.05, 3.63) is 35.0 Å². The van der Waals surface area contributed by atoms with Gasteiger partial charge >= 0.3 is 0 Å². The number of nitrogens with zero attached hydrogens (tertiary/aromatic N) is 2. The lowest BCUT2D eigenvalue weighted by atomic mass is 10.0. The number of methoxy groups -OCH3 is 1. The quantitative estimate of drug-likeness (QED) is 0.916. The SMILES string of the molecule is COc1c(C)cc(-c2cc(CCN)nn2C)cc1C. The standard InChI is InChI=1S/C15H21N3O/c1-10-7-12(8-11(2)15(10)19-4)14-9-13(5-6-16)17-18(14)3/h7-9H,5-6,16H2,1-4H3. The molecule has 0 spiro atoms. The van der Waals surface area contributed by atoms with Crippen molar-refractivity contribution in [2.24, 2.45) is 12.8 Å². The number of aromatic nitrogens is 2. The third kappa shape index (κ3) is 2.63. The highest BCUT2D eigenvalue weighted by Crippen LogP contribution is 2.30. The summed E-state index contributed by atoms with van der Waals surface area (Å²) in [7, 11) is 3.67. The van der Waals surface area contributed by atoms with Gasteiger partial charge in [0.15, 0.2) is 0 Å². The van der Waals surface area contributed by atoms with Crippen LogP contribution >= 0.6 is 0 Å². The molecule has 1 heterocycles. The maximum atomic E-state index is 5.58. The van der Waals surface area contributed by atoms with Gasteiger partial charge in [-0.05, 0) is 49.7 Å². The Hall–Kier alpha value is -1.81.